The van der Waals surface area contributed by atoms with Crippen molar-refractivity contribution in [2.24, 2.45) is 0 Å². The summed E-state index contributed by atoms with van der Waals surface area (Å²) in [6, 6.07) is 5.38. The number of hydrogen-bond acceptors (Lipinski definition) is 3. The van der Waals surface area contributed by atoms with Gasteiger partial charge in [-0.05, 0) is 31.0 Å². The monoisotopic (exact) mass is 254 g/mol. The molecule has 0 spiro atoms. The molecule has 0 saturated carbocycles. The van der Waals surface area contributed by atoms with Crippen LogP contribution in [0.1, 0.15) is 30.9 Å². The van der Waals surface area contributed by atoms with Crippen LogP contribution in [0.3, 0.4) is 0 Å². The summed E-state index contributed by atoms with van der Waals surface area (Å²) in [6.07, 6.45) is 2.24. The molecular formula is C13H15ClO3. The van der Waals surface area contributed by atoms with Gasteiger partial charge in [0.15, 0.2) is 0 Å². The summed E-state index contributed by atoms with van der Waals surface area (Å²) in [5.74, 6) is 0.730. The topological polar surface area (TPSA) is 38.7 Å². The van der Waals surface area contributed by atoms with E-state index >= 15 is 0 Å². The molecule has 2 heterocycles. The molecule has 2 aliphatic heterocycles. The summed E-state index contributed by atoms with van der Waals surface area (Å²) in [7, 11) is 0. The molecule has 17 heavy (non-hydrogen) atoms. The van der Waals surface area contributed by atoms with Crippen molar-refractivity contribution in [2.75, 3.05) is 6.61 Å². The molecule has 1 fully saturated rings. The molecule has 0 amide bonds. The zero-order valence-electron chi connectivity index (χ0n) is 9.43. The third-order valence-electron chi connectivity index (χ3n) is 3.44. The van der Waals surface area contributed by atoms with Crippen LogP contribution in [0.25, 0.3) is 0 Å². The minimum atomic E-state index is -0.508. The van der Waals surface area contributed by atoms with Crippen molar-refractivity contribution in [1.29, 1.82) is 0 Å². The van der Waals surface area contributed by atoms with Gasteiger partial charge in [-0.15, -0.1) is 0 Å². The third kappa shape index (κ3) is 2.15. The standard InChI is InChI=1S/C13H15ClO3/c14-8-3-4-11-9(6-8)10(15)7-13(17-11)12-2-1-5-16-12/h3-4,6,10,12-13,15H,1-2,5,7H2/t10-,12?,13?/m1/s1. The first-order valence-electron chi connectivity index (χ1n) is 6.00. The van der Waals surface area contributed by atoms with Gasteiger partial charge in [0.25, 0.3) is 0 Å². The zero-order valence-corrected chi connectivity index (χ0v) is 10.2. The second-order valence-electron chi connectivity index (χ2n) is 4.64. The van der Waals surface area contributed by atoms with Gasteiger partial charge in [-0.2, -0.15) is 0 Å². The maximum absolute atomic E-state index is 10.1. The Labute approximate surface area is 105 Å². The van der Waals surface area contributed by atoms with Crippen molar-refractivity contribution >= 4 is 11.6 Å². The molecule has 0 aromatic heterocycles. The predicted molar refractivity (Wildman–Crippen MR) is 64.4 cm³/mol. The molecule has 92 valence electrons. The van der Waals surface area contributed by atoms with E-state index in [0.717, 1.165) is 30.8 Å². The van der Waals surface area contributed by atoms with Crippen molar-refractivity contribution in [1.82, 2.24) is 0 Å². The summed E-state index contributed by atoms with van der Waals surface area (Å²) >= 11 is 5.91. The first-order chi connectivity index (χ1) is 8.24. The Morgan fingerprint density at radius 1 is 1.29 bits per heavy atom. The number of aliphatic hydroxyl groups is 1. The third-order valence-corrected chi connectivity index (χ3v) is 3.68. The van der Waals surface area contributed by atoms with E-state index < -0.39 is 6.10 Å². The van der Waals surface area contributed by atoms with Crippen LogP contribution in [0.5, 0.6) is 5.75 Å². The molecule has 4 heteroatoms. The van der Waals surface area contributed by atoms with Crippen molar-refractivity contribution in [3.8, 4) is 5.75 Å². The molecule has 1 aromatic rings. The normalized spacial score (nSPS) is 32.0. The minimum Gasteiger partial charge on any atom is -0.487 e. The van der Waals surface area contributed by atoms with Gasteiger partial charge in [0, 0.05) is 23.6 Å². The SMILES string of the molecule is O[C@@H]1CC(C2CCCO2)Oc2ccc(Cl)cc21. The summed E-state index contributed by atoms with van der Waals surface area (Å²) < 4.78 is 11.5. The van der Waals surface area contributed by atoms with E-state index in [9.17, 15) is 5.11 Å². The fraction of sp³-hybridized carbons (Fsp3) is 0.538. The number of benzene rings is 1. The van der Waals surface area contributed by atoms with E-state index in [-0.39, 0.29) is 12.2 Å². The molecule has 2 aliphatic rings. The molecule has 0 bridgehead atoms. The van der Waals surface area contributed by atoms with Crippen molar-refractivity contribution < 1.29 is 14.6 Å². The Kier molecular flexibility index (Phi) is 2.99. The molecule has 3 nitrogen and oxygen atoms in total. The number of fused-ring (bicyclic) bond motifs is 1. The van der Waals surface area contributed by atoms with E-state index in [2.05, 4.69) is 0 Å². The molecule has 3 atom stereocenters. The van der Waals surface area contributed by atoms with Crippen LogP contribution in [0.15, 0.2) is 18.2 Å². The summed E-state index contributed by atoms with van der Waals surface area (Å²) in [5.41, 5.74) is 0.784. The number of rotatable bonds is 1. The van der Waals surface area contributed by atoms with Crippen LogP contribution in [0, 0.1) is 0 Å². The van der Waals surface area contributed by atoms with Gasteiger partial charge in [0.1, 0.15) is 11.9 Å². The van der Waals surface area contributed by atoms with Crippen LogP contribution in [0.2, 0.25) is 5.02 Å². The van der Waals surface area contributed by atoms with Gasteiger partial charge >= 0.3 is 0 Å². The van der Waals surface area contributed by atoms with Crippen molar-refractivity contribution in [3.63, 3.8) is 0 Å². The first kappa shape index (κ1) is 11.3. The highest BCUT2D eigenvalue weighted by molar-refractivity contribution is 6.30. The van der Waals surface area contributed by atoms with Crippen molar-refractivity contribution in [3.05, 3.63) is 28.8 Å². The van der Waals surface area contributed by atoms with E-state index in [1.165, 1.54) is 0 Å². The van der Waals surface area contributed by atoms with Crippen LogP contribution < -0.4 is 4.74 Å². The highest BCUT2D eigenvalue weighted by Crippen LogP contribution is 2.38. The van der Waals surface area contributed by atoms with E-state index in [4.69, 9.17) is 21.1 Å². The fourth-order valence-corrected chi connectivity index (χ4v) is 2.75. The Balaban J connectivity index is 1.84. The quantitative estimate of drug-likeness (QED) is 0.838. The highest BCUT2D eigenvalue weighted by atomic mass is 35.5. The second-order valence-corrected chi connectivity index (χ2v) is 5.08. The fourth-order valence-electron chi connectivity index (χ4n) is 2.57. The van der Waals surface area contributed by atoms with E-state index in [1.54, 1.807) is 12.1 Å². The molecule has 1 saturated heterocycles. The Morgan fingerprint density at radius 2 is 2.18 bits per heavy atom. The second kappa shape index (κ2) is 4.48. The van der Waals surface area contributed by atoms with Gasteiger partial charge < -0.3 is 14.6 Å². The lowest BCUT2D eigenvalue weighted by molar-refractivity contribution is -0.0271. The summed E-state index contributed by atoms with van der Waals surface area (Å²) in [4.78, 5) is 0. The lowest BCUT2D eigenvalue weighted by Gasteiger charge is -2.32. The van der Waals surface area contributed by atoms with Gasteiger partial charge in [-0.25, -0.2) is 0 Å². The van der Waals surface area contributed by atoms with Crippen LogP contribution in [-0.4, -0.2) is 23.9 Å². The van der Waals surface area contributed by atoms with E-state index in [1.807, 2.05) is 6.07 Å². The van der Waals surface area contributed by atoms with Gasteiger partial charge in [-0.3, -0.25) is 0 Å². The molecule has 3 rings (SSSR count). The predicted octanol–water partition coefficient (Wildman–Crippen LogP) is 2.70. The molecule has 1 aromatic carbocycles. The molecule has 0 radical (unpaired) electrons. The minimum absolute atomic E-state index is 0.0406. The van der Waals surface area contributed by atoms with Gasteiger partial charge in [0.2, 0.25) is 0 Å². The Morgan fingerprint density at radius 3 is 2.94 bits per heavy atom. The van der Waals surface area contributed by atoms with Gasteiger partial charge in [-0.1, -0.05) is 11.6 Å². The van der Waals surface area contributed by atoms with Crippen LogP contribution in [0.4, 0.5) is 0 Å². The molecule has 1 N–H and O–H groups in total. The number of ether oxygens (including phenoxy) is 2. The number of aliphatic hydroxyl groups excluding tert-OH is 1. The highest BCUT2D eigenvalue weighted by Gasteiger charge is 2.34. The van der Waals surface area contributed by atoms with Gasteiger partial charge in [0.05, 0.1) is 12.2 Å². The van der Waals surface area contributed by atoms with E-state index in [0.29, 0.717) is 11.4 Å². The lowest BCUT2D eigenvalue weighted by atomic mass is 9.95. The number of hydrogen-bond donors (Lipinski definition) is 1. The first-order valence-corrected chi connectivity index (χ1v) is 6.37. The maximum Gasteiger partial charge on any atom is 0.128 e. The zero-order chi connectivity index (χ0) is 11.8. The smallest absolute Gasteiger partial charge is 0.128 e. The van der Waals surface area contributed by atoms with Crippen LogP contribution in [-0.2, 0) is 4.74 Å². The largest absolute Gasteiger partial charge is 0.487 e. The average molecular weight is 255 g/mol. The van der Waals surface area contributed by atoms with Crippen LogP contribution >= 0.6 is 11.6 Å². The summed E-state index contributed by atoms with van der Waals surface area (Å²) in [5, 5.41) is 10.7. The lowest BCUT2D eigenvalue weighted by Crippen LogP contribution is -2.36. The maximum atomic E-state index is 10.1. The molecule has 2 unspecified atom stereocenters. The molecular weight excluding hydrogens is 240 g/mol. The average Bonchev–Trinajstić information content (AvgIpc) is 2.83. The summed E-state index contributed by atoms with van der Waals surface area (Å²) in [6.45, 7) is 0.800. The Bertz CT molecular complexity index is 415. The Hall–Kier alpha value is -0.770. The molecule has 0 aliphatic carbocycles. The number of halogens is 1. The van der Waals surface area contributed by atoms with Crippen molar-refractivity contribution in [2.45, 2.75) is 37.6 Å².